The monoisotopic (exact) mass is 214 g/mol. The van der Waals surface area contributed by atoms with E-state index in [1.54, 1.807) is 0 Å². The maximum Gasteiger partial charge on any atom is 0.222 e. The number of hydrogen-bond donors (Lipinski definition) is 3. The highest BCUT2D eigenvalue weighted by molar-refractivity contribution is 5.77. The summed E-state index contributed by atoms with van der Waals surface area (Å²) in [6.45, 7) is 1.94. The van der Waals surface area contributed by atoms with Gasteiger partial charge in [-0.15, -0.1) is 0 Å². The summed E-state index contributed by atoms with van der Waals surface area (Å²) < 4.78 is 0. The standard InChI is InChI=1S/C11H22N2O2/c1-2-9(8-14)13-10(15)7-11(12)5-3-4-6-11/h9,14H,2-8,12H2,1H3,(H,13,15)/t9-/m1/s1. The molecule has 0 heterocycles. The molecule has 15 heavy (non-hydrogen) atoms. The third-order valence-corrected chi connectivity index (χ3v) is 3.19. The van der Waals surface area contributed by atoms with Crippen LogP contribution >= 0.6 is 0 Å². The smallest absolute Gasteiger partial charge is 0.222 e. The van der Waals surface area contributed by atoms with E-state index in [0.29, 0.717) is 6.42 Å². The fraction of sp³-hybridized carbons (Fsp3) is 0.909. The predicted octanol–water partition coefficient (Wildman–Crippen LogP) is 0.535. The van der Waals surface area contributed by atoms with Crippen LogP contribution in [0, 0.1) is 0 Å². The Morgan fingerprint density at radius 2 is 2.13 bits per heavy atom. The molecule has 0 radical (unpaired) electrons. The molecule has 4 heteroatoms. The SMILES string of the molecule is CC[C@H](CO)NC(=O)CC1(N)CCCC1. The Balaban J connectivity index is 2.34. The van der Waals surface area contributed by atoms with Crippen molar-refractivity contribution >= 4 is 5.91 Å². The number of aliphatic hydroxyl groups is 1. The quantitative estimate of drug-likeness (QED) is 0.625. The van der Waals surface area contributed by atoms with E-state index in [9.17, 15) is 4.79 Å². The Hall–Kier alpha value is -0.610. The second-order valence-electron chi connectivity index (χ2n) is 4.60. The predicted molar refractivity (Wildman–Crippen MR) is 59.3 cm³/mol. The van der Waals surface area contributed by atoms with Crippen LogP contribution in [-0.4, -0.2) is 29.2 Å². The Morgan fingerprint density at radius 1 is 1.53 bits per heavy atom. The highest BCUT2D eigenvalue weighted by Gasteiger charge is 2.31. The largest absolute Gasteiger partial charge is 0.394 e. The van der Waals surface area contributed by atoms with Crippen molar-refractivity contribution in [3.8, 4) is 0 Å². The average Bonchev–Trinajstić information content (AvgIpc) is 2.61. The molecule has 1 aliphatic carbocycles. The second-order valence-corrected chi connectivity index (χ2v) is 4.60. The minimum Gasteiger partial charge on any atom is -0.394 e. The van der Waals surface area contributed by atoms with Gasteiger partial charge < -0.3 is 16.2 Å². The van der Waals surface area contributed by atoms with Crippen LogP contribution in [0.4, 0.5) is 0 Å². The van der Waals surface area contributed by atoms with Crippen molar-refractivity contribution in [2.75, 3.05) is 6.61 Å². The first kappa shape index (κ1) is 12.5. The number of nitrogens with one attached hydrogen (secondary N) is 1. The number of aliphatic hydroxyl groups excluding tert-OH is 1. The molecule has 1 saturated carbocycles. The van der Waals surface area contributed by atoms with Gasteiger partial charge in [-0.2, -0.15) is 0 Å². The minimum absolute atomic E-state index is 0.000187. The van der Waals surface area contributed by atoms with Crippen molar-refractivity contribution in [1.29, 1.82) is 0 Å². The first-order valence-corrected chi connectivity index (χ1v) is 5.79. The Kier molecular flexibility index (Phi) is 4.54. The van der Waals surface area contributed by atoms with E-state index in [2.05, 4.69) is 5.32 Å². The number of hydrogen-bond acceptors (Lipinski definition) is 3. The molecule has 0 aromatic heterocycles. The summed E-state index contributed by atoms with van der Waals surface area (Å²) >= 11 is 0. The molecule has 1 amide bonds. The van der Waals surface area contributed by atoms with E-state index in [1.807, 2.05) is 6.92 Å². The van der Waals surface area contributed by atoms with Crippen LogP contribution in [0.2, 0.25) is 0 Å². The van der Waals surface area contributed by atoms with E-state index < -0.39 is 0 Å². The van der Waals surface area contributed by atoms with Crippen LogP contribution in [0.25, 0.3) is 0 Å². The maximum absolute atomic E-state index is 11.6. The highest BCUT2D eigenvalue weighted by Crippen LogP contribution is 2.29. The van der Waals surface area contributed by atoms with Crippen LogP contribution < -0.4 is 11.1 Å². The number of amides is 1. The average molecular weight is 214 g/mol. The molecule has 0 aromatic rings. The topological polar surface area (TPSA) is 75.3 Å². The second kappa shape index (κ2) is 5.47. The summed E-state index contributed by atoms with van der Waals surface area (Å²) in [6.07, 6.45) is 5.28. The third-order valence-electron chi connectivity index (χ3n) is 3.19. The lowest BCUT2D eigenvalue weighted by molar-refractivity contribution is -0.123. The van der Waals surface area contributed by atoms with E-state index in [-0.39, 0.29) is 24.1 Å². The molecule has 1 fully saturated rings. The van der Waals surface area contributed by atoms with Crippen molar-refractivity contribution in [2.24, 2.45) is 5.73 Å². The van der Waals surface area contributed by atoms with Gasteiger partial charge in [0.25, 0.3) is 0 Å². The molecule has 0 saturated heterocycles. The molecule has 4 nitrogen and oxygen atoms in total. The number of rotatable bonds is 5. The fourth-order valence-electron chi connectivity index (χ4n) is 2.13. The van der Waals surface area contributed by atoms with Gasteiger partial charge in [-0.25, -0.2) is 0 Å². The molecular formula is C11H22N2O2. The lowest BCUT2D eigenvalue weighted by Crippen LogP contribution is -2.45. The van der Waals surface area contributed by atoms with Crippen LogP contribution in [-0.2, 0) is 4.79 Å². The Bertz CT molecular complexity index is 209. The van der Waals surface area contributed by atoms with Gasteiger partial charge in [-0.3, -0.25) is 4.79 Å². The fourth-order valence-corrected chi connectivity index (χ4v) is 2.13. The molecule has 0 bridgehead atoms. The van der Waals surface area contributed by atoms with E-state index in [4.69, 9.17) is 10.8 Å². The molecule has 0 unspecified atom stereocenters. The zero-order chi connectivity index (χ0) is 11.3. The highest BCUT2D eigenvalue weighted by atomic mass is 16.3. The zero-order valence-corrected chi connectivity index (χ0v) is 9.46. The van der Waals surface area contributed by atoms with Gasteiger partial charge >= 0.3 is 0 Å². The van der Waals surface area contributed by atoms with Gasteiger partial charge in [0.05, 0.1) is 12.6 Å². The molecule has 1 rings (SSSR count). The Labute approximate surface area is 91.2 Å². The number of nitrogens with two attached hydrogens (primary N) is 1. The summed E-state index contributed by atoms with van der Waals surface area (Å²) in [5, 5.41) is 11.8. The van der Waals surface area contributed by atoms with Crippen LogP contribution in [0.1, 0.15) is 45.4 Å². The van der Waals surface area contributed by atoms with Crippen LogP contribution in [0.5, 0.6) is 0 Å². The van der Waals surface area contributed by atoms with Crippen molar-refractivity contribution in [3.05, 3.63) is 0 Å². The zero-order valence-electron chi connectivity index (χ0n) is 9.46. The van der Waals surface area contributed by atoms with Crippen LogP contribution in [0.3, 0.4) is 0 Å². The van der Waals surface area contributed by atoms with Gasteiger partial charge in [-0.1, -0.05) is 19.8 Å². The normalized spacial score (nSPS) is 21.3. The van der Waals surface area contributed by atoms with Crippen molar-refractivity contribution in [2.45, 2.75) is 57.0 Å². The van der Waals surface area contributed by atoms with Gasteiger partial charge in [-0.05, 0) is 19.3 Å². The van der Waals surface area contributed by atoms with Gasteiger partial charge in [0.1, 0.15) is 0 Å². The summed E-state index contributed by atoms with van der Waals surface area (Å²) in [6, 6.07) is -0.123. The maximum atomic E-state index is 11.6. The molecule has 1 atom stereocenters. The van der Waals surface area contributed by atoms with Crippen molar-refractivity contribution in [1.82, 2.24) is 5.32 Å². The van der Waals surface area contributed by atoms with Crippen molar-refractivity contribution in [3.63, 3.8) is 0 Å². The molecule has 0 aliphatic heterocycles. The lowest BCUT2D eigenvalue weighted by atomic mass is 9.94. The Morgan fingerprint density at radius 3 is 2.60 bits per heavy atom. The van der Waals surface area contributed by atoms with Gasteiger partial charge in [0, 0.05) is 12.0 Å². The number of carbonyl (C=O) groups is 1. The molecular weight excluding hydrogens is 192 g/mol. The van der Waals surface area contributed by atoms with E-state index in [0.717, 1.165) is 32.1 Å². The van der Waals surface area contributed by atoms with Crippen LogP contribution in [0.15, 0.2) is 0 Å². The summed E-state index contributed by atoms with van der Waals surface area (Å²) in [5.41, 5.74) is 5.80. The van der Waals surface area contributed by atoms with Gasteiger partial charge in [0.15, 0.2) is 0 Å². The first-order chi connectivity index (χ1) is 7.09. The minimum atomic E-state index is -0.294. The van der Waals surface area contributed by atoms with Crippen molar-refractivity contribution < 1.29 is 9.90 Å². The van der Waals surface area contributed by atoms with E-state index in [1.165, 1.54) is 0 Å². The summed E-state index contributed by atoms with van der Waals surface area (Å²) in [4.78, 5) is 11.6. The molecule has 88 valence electrons. The first-order valence-electron chi connectivity index (χ1n) is 5.79. The molecule has 4 N–H and O–H groups in total. The molecule has 0 spiro atoms. The molecule has 0 aromatic carbocycles. The molecule has 1 aliphatic rings. The lowest BCUT2D eigenvalue weighted by Gasteiger charge is -2.24. The number of carbonyl (C=O) groups excluding carboxylic acids is 1. The summed E-state index contributed by atoms with van der Waals surface area (Å²) in [7, 11) is 0. The third kappa shape index (κ3) is 3.80. The van der Waals surface area contributed by atoms with E-state index >= 15 is 0 Å². The van der Waals surface area contributed by atoms with Gasteiger partial charge in [0.2, 0.25) is 5.91 Å². The summed E-state index contributed by atoms with van der Waals surface area (Å²) in [5.74, 6) is -0.0275.